The van der Waals surface area contributed by atoms with Crippen LogP contribution in [0.1, 0.15) is 19.3 Å². The zero-order valence-corrected chi connectivity index (χ0v) is 21.6. The Morgan fingerprint density at radius 2 is 1.78 bits per heavy atom. The van der Waals surface area contributed by atoms with Gasteiger partial charge in [-0.15, -0.1) is 0 Å². The van der Waals surface area contributed by atoms with Gasteiger partial charge >= 0.3 is 0 Å². The van der Waals surface area contributed by atoms with Gasteiger partial charge in [-0.1, -0.05) is 41.9 Å². The van der Waals surface area contributed by atoms with Gasteiger partial charge in [0, 0.05) is 18.8 Å². The Balaban J connectivity index is 1.24. The molecule has 12 heteroatoms. The first kappa shape index (κ1) is 24.7. The maximum Gasteiger partial charge on any atom is 0.243 e. The van der Waals surface area contributed by atoms with E-state index in [-0.39, 0.29) is 16.6 Å². The quantitative estimate of drug-likeness (QED) is 0.272. The predicted molar refractivity (Wildman–Crippen MR) is 140 cm³/mol. The van der Waals surface area contributed by atoms with Gasteiger partial charge in [-0.25, -0.2) is 23.1 Å². The molecule has 3 heterocycles. The zero-order chi connectivity index (χ0) is 25.1. The summed E-state index contributed by atoms with van der Waals surface area (Å²) in [6.07, 6.45) is 5.90. The molecule has 2 aromatic carbocycles. The average molecular weight is 543 g/mol. The van der Waals surface area contributed by atoms with E-state index in [0.29, 0.717) is 45.5 Å². The Labute approximate surface area is 217 Å². The lowest BCUT2D eigenvalue weighted by Crippen LogP contribution is -2.35. The number of aromatic nitrogens is 4. The molecule has 0 bridgehead atoms. The number of anilines is 1. The number of carbonyl (C=O) groups is 1. The third kappa shape index (κ3) is 5.10. The molecule has 5 rings (SSSR count). The number of sulfonamides is 1. The van der Waals surface area contributed by atoms with Gasteiger partial charge < -0.3 is 5.32 Å². The molecule has 36 heavy (non-hydrogen) atoms. The number of hydrogen-bond acceptors (Lipinski definition) is 7. The number of thioether (sulfide) groups is 1. The Morgan fingerprint density at radius 3 is 2.53 bits per heavy atom. The summed E-state index contributed by atoms with van der Waals surface area (Å²) >= 11 is 7.58. The minimum absolute atomic E-state index is 0.108. The van der Waals surface area contributed by atoms with Crippen LogP contribution in [0, 0.1) is 0 Å². The third-order valence-electron chi connectivity index (χ3n) is 5.84. The number of nitrogens with one attached hydrogen (secondary N) is 1. The minimum Gasteiger partial charge on any atom is -0.325 e. The molecule has 0 spiro atoms. The number of nitrogens with zero attached hydrogens (tertiary/aromatic N) is 5. The van der Waals surface area contributed by atoms with Crippen molar-refractivity contribution in [3.8, 4) is 5.69 Å². The van der Waals surface area contributed by atoms with E-state index in [2.05, 4.69) is 20.4 Å². The number of rotatable bonds is 7. The predicted octanol–water partition coefficient (Wildman–Crippen LogP) is 4.37. The van der Waals surface area contributed by atoms with Crippen molar-refractivity contribution in [3.05, 3.63) is 66.1 Å². The summed E-state index contributed by atoms with van der Waals surface area (Å²) in [7, 11) is -3.51. The third-order valence-corrected chi connectivity index (χ3v) is 9.08. The van der Waals surface area contributed by atoms with Crippen LogP contribution in [0.15, 0.2) is 71.0 Å². The van der Waals surface area contributed by atoms with Crippen LogP contribution in [-0.4, -0.2) is 57.2 Å². The summed E-state index contributed by atoms with van der Waals surface area (Å²) in [4.78, 5) is 21.5. The SMILES string of the molecule is O=C(CSc1ncnc2c1cnn2-c1ccccc1Cl)Nc1ccc(S(=O)(=O)N2CCCCC2)cc1. The molecule has 0 atom stereocenters. The molecular weight excluding hydrogens is 520 g/mol. The molecule has 186 valence electrons. The van der Waals surface area contributed by atoms with Crippen molar-refractivity contribution in [3.63, 3.8) is 0 Å². The molecule has 0 unspecified atom stereocenters. The Bertz CT molecular complexity index is 1500. The molecule has 1 aliphatic rings. The largest absolute Gasteiger partial charge is 0.325 e. The van der Waals surface area contributed by atoms with Crippen LogP contribution in [-0.2, 0) is 14.8 Å². The van der Waals surface area contributed by atoms with Gasteiger partial charge in [0.2, 0.25) is 15.9 Å². The van der Waals surface area contributed by atoms with Crippen LogP contribution in [0.3, 0.4) is 0 Å². The average Bonchev–Trinajstić information content (AvgIpc) is 3.33. The first-order valence-electron chi connectivity index (χ1n) is 11.4. The molecule has 9 nitrogen and oxygen atoms in total. The van der Waals surface area contributed by atoms with E-state index in [1.807, 2.05) is 18.2 Å². The molecule has 2 aromatic heterocycles. The number of fused-ring (bicyclic) bond motifs is 1. The van der Waals surface area contributed by atoms with E-state index < -0.39 is 10.0 Å². The van der Waals surface area contributed by atoms with Gasteiger partial charge in [0.05, 0.1) is 32.9 Å². The topological polar surface area (TPSA) is 110 Å². The van der Waals surface area contributed by atoms with Gasteiger partial charge in [-0.2, -0.15) is 9.40 Å². The smallest absolute Gasteiger partial charge is 0.243 e. The molecule has 1 fully saturated rings. The van der Waals surface area contributed by atoms with E-state index in [1.54, 1.807) is 29.1 Å². The Morgan fingerprint density at radius 1 is 1.03 bits per heavy atom. The van der Waals surface area contributed by atoms with Gasteiger partial charge in [0.15, 0.2) is 5.65 Å². The molecule has 1 amide bonds. The fourth-order valence-electron chi connectivity index (χ4n) is 4.03. The zero-order valence-electron chi connectivity index (χ0n) is 19.2. The highest BCUT2D eigenvalue weighted by Gasteiger charge is 2.25. The fraction of sp³-hybridized carbons (Fsp3) is 0.250. The fourth-order valence-corrected chi connectivity index (χ4v) is 6.53. The standard InChI is InChI=1S/C24H23ClN6O3S2/c25-20-6-2-3-7-21(20)31-23-19(14-28-31)24(27-16-26-23)35-15-22(32)29-17-8-10-18(11-9-17)36(33,34)30-12-4-1-5-13-30/h2-3,6-11,14,16H,1,4-5,12-13,15H2,(H,29,32). The lowest BCUT2D eigenvalue weighted by atomic mass is 10.2. The van der Waals surface area contributed by atoms with Crippen LogP contribution >= 0.6 is 23.4 Å². The van der Waals surface area contributed by atoms with E-state index >= 15 is 0 Å². The second-order valence-corrected chi connectivity index (χ2v) is 11.6. The van der Waals surface area contributed by atoms with Crippen LogP contribution in [0.4, 0.5) is 5.69 Å². The lowest BCUT2D eigenvalue weighted by molar-refractivity contribution is -0.113. The van der Waals surface area contributed by atoms with Crippen molar-refractivity contribution >= 4 is 56.0 Å². The number of hydrogen-bond donors (Lipinski definition) is 1. The summed E-state index contributed by atoms with van der Waals surface area (Å²) in [6.45, 7) is 1.09. The van der Waals surface area contributed by atoms with Crippen molar-refractivity contribution in [1.29, 1.82) is 0 Å². The molecule has 0 saturated carbocycles. The highest BCUT2D eigenvalue weighted by atomic mass is 35.5. The van der Waals surface area contributed by atoms with Crippen LogP contribution in [0.2, 0.25) is 5.02 Å². The van der Waals surface area contributed by atoms with Crippen molar-refractivity contribution in [2.45, 2.75) is 29.2 Å². The maximum absolute atomic E-state index is 12.8. The monoisotopic (exact) mass is 542 g/mol. The number of halogens is 1. The van der Waals surface area contributed by atoms with E-state index in [0.717, 1.165) is 19.3 Å². The Kier molecular flexibility index (Phi) is 7.24. The molecule has 4 aromatic rings. The normalized spacial score (nSPS) is 14.7. The number of para-hydroxylation sites is 1. The molecule has 0 aliphatic carbocycles. The summed E-state index contributed by atoms with van der Waals surface area (Å²) in [5, 5.41) is 9.09. The summed E-state index contributed by atoms with van der Waals surface area (Å²) in [5.74, 6) is -0.131. The number of piperidine rings is 1. The van der Waals surface area contributed by atoms with E-state index in [4.69, 9.17) is 11.6 Å². The van der Waals surface area contributed by atoms with E-state index in [1.165, 1.54) is 34.5 Å². The van der Waals surface area contributed by atoms with E-state index in [9.17, 15) is 13.2 Å². The van der Waals surface area contributed by atoms with Gasteiger partial charge in [0.1, 0.15) is 11.4 Å². The molecule has 0 radical (unpaired) electrons. The van der Waals surface area contributed by atoms with Crippen molar-refractivity contribution < 1.29 is 13.2 Å². The molecule has 1 saturated heterocycles. The number of amides is 1. The molecule has 1 N–H and O–H groups in total. The summed E-state index contributed by atoms with van der Waals surface area (Å²) in [6, 6.07) is 13.6. The van der Waals surface area contributed by atoms with Gasteiger partial charge in [0.25, 0.3) is 0 Å². The van der Waals surface area contributed by atoms with Crippen molar-refractivity contribution in [2.75, 3.05) is 24.2 Å². The first-order chi connectivity index (χ1) is 17.4. The highest BCUT2D eigenvalue weighted by Crippen LogP contribution is 2.28. The van der Waals surface area contributed by atoms with Crippen LogP contribution in [0.25, 0.3) is 16.7 Å². The van der Waals surface area contributed by atoms with Crippen LogP contribution in [0.5, 0.6) is 0 Å². The second-order valence-electron chi connectivity index (χ2n) is 8.25. The van der Waals surface area contributed by atoms with Crippen molar-refractivity contribution in [1.82, 2.24) is 24.1 Å². The molecular formula is C24H23ClN6O3S2. The summed E-state index contributed by atoms with van der Waals surface area (Å²) < 4.78 is 28.8. The van der Waals surface area contributed by atoms with Gasteiger partial charge in [-0.3, -0.25) is 4.79 Å². The highest BCUT2D eigenvalue weighted by molar-refractivity contribution is 8.00. The number of carbonyl (C=O) groups excluding carboxylic acids is 1. The maximum atomic E-state index is 12.8. The Hall–Kier alpha value is -2.99. The number of benzene rings is 2. The first-order valence-corrected chi connectivity index (χ1v) is 14.2. The lowest BCUT2D eigenvalue weighted by Gasteiger charge is -2.25. The van der Waals surface area contributed by atoms with Crippen molar-refractivity contribution in [2.24, 2.45) is 0 Å². The molecule has 1 aliphatic heterocycles. The summed E-state index contributed by atoms with van der Waals surface area (Å²) in [5.41, 5.74) is 1.82. The van der Waals surface area contributed by atoms with Gasteiger partial charge in [-0.05, 0) is 49.2 Å². The van der Waals surface area contributed by atoms with Crippen LogP contribution < -0.4 is 5.32 Å². The minimum atomic E-state index is -3.51. The second kappa shape index (κ2) is 10.6.